The van der Waals surface area contributed by atoms with E-state index in [2.05, 4.69) is 9.88 Å². The minimum Gasteiger partial charge on any atom is -0.485 e. The summed E-state index contributed by atoms with van der Waals surface area (Å²) in [4.78, 5) is 6.65. The summed E-state index contributed by atoms with van der Waals surface area (Å²) >= 11 is 0. The van der Waals surface area contributed by atoms with E-state index in [0.717, 1.165) is 37.8 Å². The summed E-state index contributed by atoms with van der Waals surface area (Å²) in [7, 11) is -3.74. The Morgan fingerprint density at radius 3 is 2.71 bits per heavy atom. The van der Waals surface area contributed by atoms with Crippen molar-refractivity contribution in [1.29, 1.82) is 0 Å². The predicted octanol–water partition coefficient (Wildman–Crippen LogP) is 2.97. The van der Waals surface area contributed by atoms with E-state index in [9.17, 15) is 12.8 Å². The second-order valence-corrected chi connectivity index (χ2v) is 9.26. The first-order valence-electron chi connectivity index (χ1n) is 9.58. The summed E-state index contributed by atoms with van der Waals surface area (Å²) in [5, 5.41) is 0. The van der Waals surface area contributed by atoms with Gasteiger partial charge >= 0.3 is 0 Å². The molecule has 2 aliphatic heterocycles. The molecule has 3 heterocycles. The zero-order valence-corrected chi connectivity index (χ0v) is 16.7. The van der Waals surface area contributed by atoms with Gasteiger partial charge in [0, 0.05) is 25.8 Å². The fraction of sp³-hybridized carbons (Fsp3) is 0.450. The lowest BCUT2D eigenvalue weighted by atomic mass is 10.2. The Morgan fingerprint density at radius 1 is 1.18 bits per heavy atom. The van der Waals surface area contributed by atoms with Crippen LogP contribution in [-0.2, 0) is 10.0 Å². The Morgan fingerprint density at radius 2 is 1.96 bits per heavy atom. The summed E-state index contributed by atoms with van der Waals surface area (Å²) < 4.78 is 47.1. The zero-order chi connectivity index (χ0) is 19.7. The third kappa shape index (κ3) is 3.71. The van der Waals surface area contributed by atoms with Crippen LogP contribution in [0.4, 0.5) is 10.2 Å². The third-order valence-corrected chi connectivity index (χ3v) is 7.20. The highest BCUT2D eigenvalue weighted by Gasteiger charge is 2.34. The second kappa shape index (κ2) is 7.67. The zero-order valence-electron chi connectivity index (χ0n) is 15.8. The molecular weight excluding hydrogens is 381 g/mol. The molecule has 150 valence electrons. The Hall–Kier alpha value is -2.19. The minimum atomic E-state index is -3.74. The number of rotatable bonds is 5. The van der Waals surface area contributed by atoms with Gasteiger partial charge in [-0.15, -0.1) is 0 Å². The van der Waals surface area contributed by atoms with Crippen molar-refractivity contribution in [2.24, 2.45) is 0 Å². The number of pyridine rings is 1. The van der Waals surface area contributed by atoms with Crippen molar-refractivity contribution >= 4 is 15.8 Å². The Kier molecular flexibility index (Phi) is 5.25. The number of aromatic nitrogens is 1. The largest absolute Gasteiger partial charge is 0.485 e. The summed E-state index contributed by atoms with van der Waals surface area (Å²) in [6, 6.07) is 7.74. The molecule has 2 fully saturated rings. The SMILES string of the molecule is Cc1ccc(S(=O)(=O)N2CCC(Oc3cccnc3N3CCCC3)C2)cc1F. The first kappa shape index (κ1) is 19.1. The van der Waals surface area contributed by atoms with Crippen molar-refractivity contribution in [2.75, 3.05) is 31.1 Å². The number of sulfonamides is 1. The maximum Gasteiger partial charge on any atom is 0.243 e. The third-order valence-electron chi connectivity index (χ3n) is 5.34. The average molecular weight is 405 g/mol. The fourth-order valence-corrected chi connectivity index (χ4v) is 5.21. The second-order valence-electron chi connectivity index (χ2n) is 7.32. The van der Waals surface area contributed by atoms with Gasteiger partial charge in [0.25, 0.3) is 0 Å². The molecule has 0 amide bonds. The molecule has 4 rings (SSSR count). The lowest BCUT2D eigenvalue weighted by molar-refractivity contribution is 0.215. The highest BCUT2D eigenvalue weighted by atomic mass is 32.2. The molecule has 6 nitrogen and oxygen atoms in total. The van der Waals surface area contributed by atoms with Crippen LogP contribution in [0.2, 0.25) is 0 Å². The molecule has 0 spiro atoms. The molecule has 0 saturated carbocycles. The van der Waals surface area contributed by atoms with E-state index < -0.39 is 15.8 Å². The molecule has 8 heteroatoms. The van der Waals surface area contributed by atoms with Crippen LogP contribution in [0.3, 0.4) is 0 Å². The number of aryl methyl sites for hydroxylation is 1. The molecule has 2 saturated heterocycles. The van der Waals surface area contributed by atoms with Gasteiger partial charge in [0.05, 0.1) is 11.4 Å². The fourth-order valence-electron chi connectivity index (χ4n) is 3.72. The Bertz CT molecular complexity index is 961. The van der Waals surface area contributed by atoms with Crippen molar-refractivity contribution in [2.45, 2.75) is 37.2 Å². The summed E-state index contributed by atoms with van der Waals surface area (Å²) in [6.07, 6.45) is 4.35. The van der Waals surface area contributed by atoms with Crippen LogP contribution in [-0.4, -0.2) is 50.0 Å². The molecule has 0 N–H and O–H groups in total. The number of hydrogen-bond donors (Lipinski definition) is 0. The molecule has 0 bridgehead atoms. The lowest BCUT2D eigenvalue weighted by Crippen LogP contribution is -2.31. The predicted molar refractivity (Wildman–Crippen MR) is 105 cm³/mol. The van der Waals surface area contributed by atoms with Crippen LogP contribution < -0.4 is 9.64 Å². The van der Waals surface area contributed by atoms with Gasteiger partial charge in [0.15, 0.2) is 11.6 Å². The first-order chi connectivity index (χ1) is 13.4. The van der Waals surface area contributed by atoms with Crippen molar-refractivity contribution in [3.63, 3.8) is 0 Å². The summed E-state index contributed by atoms with van der Waals surface area (Å²) in [5.74, 6) is 0.996. The van der Waals surface area contributed by atoms with Crippen molar-refractivity contribution < 1.29 is 17.5 Å². The van der Waals surface area contributed by atoms with Gasteiger partial charge in [-0.05, 0) is 56.0 Å². The molecule has 2 aromatic rings. The molecule has 1 aromatic carbocycles. The van der Waals surface area contributed by atoms with Crippen molar-refractivity contribution in [1.82, 2.24) is 9.29 Å². The van der Waals surface area contributed by atoms with E-state index in [-0.39, 0.29) is 17.5 Å². The molecule has 28 heavy (non-hydrogen) atoms. The molecule has 1 unspecified atom stereocenters. The number of ether oxygens (including phenoxy) is 1. The highest BCUT2D eigenvalue weighted by molar-refractivity contribution is 7.89. The number of anilines is 1. The normalized spacial score (nSPS) is 20.6. The molecular formula is C20H24FN3O3S. The van der Waals surface area contributed by atoms with Crippen LogP contribution in [0.1, 0.15) is 24.8 Å². The average Bonchev–Trinajstić information content (AvgIpc) is 3.37. The topological polar surface area (TPSA) is 62.7 Å². The highest BCUT2D eigenvalue weighted by Crippen LogP contribution is 2.31. The maximum absolute atomic E-state index is 13.8. The number of hydrogen-bond acceptors (Lipinski definition) is 5. The lowest BCUT2D eigenvalue weighted by Gasteiger charge is -2.22. The summed E-state index contributed by atoms with van der Waals surface area (Å²) in [6.45, 7) is 4.11. The molecule has 2 aliphatic rings. The van der Waals surface area contributed by atoms with Gasteiger partial charge in [0.1, 0.15) is 11.9 Å². The van der Waals surface area contributed by atoms with Crippen LogP contribution >= 0.6 is 0 Å². The van der Waals surface area contributed by atoms with Gasteiger partial charge < -0.3 is 9.64 Å². The van der Waals surface area contributed by atoms with Crippen molar-refractivity contribution in [3.8, 4) is 5.75 Å². The van der Waals surface area contributed by atoms with Gasteiger partial charge in [-0.25, -0.2) is 17.8 Å². The molecule has 1 aromatic heterocycles. The molecule has 0 radical (unpaired) electrons. The van der Waals surface area contributed by atoms with Crippen molar-refractivity contribution in [3.05, 3.63) is 47.9 Å². The minimum absolute atomic E-state index is 0.0182. The van der Waals surface area contributed by atoms with E-state index >= 15 is 0 Å². The first-order valence-corrected chi connectivity index (χ1v) is 11.0. The van der Waals surface area contributed by atoms with E-state index in [4.69, 9.17) is 4.74 Å². The number of halogens is 1. The quantitative estimate of drug-likeness (QED) is 0.765. The van der Waals surface area contributed by atoms with Gasteiger partial charge in [-0.3, -0.25) is 0 Å². The standard InChI is InChI=1S/C20H24FN3O3S/c1-15-6-7-17(13-18(15)21)28(25,26)24-12-8-16(14-24)27-19-5-4-9-22-20(19)23-10-2-3-11-23/h4-7,9,13,16H,2-3,8,10-12,14H2,1H3. The van der Waals surface area contributed by atoms with Crippen LogP contribution in [0.25, 0.3) is 0 Å². The van der Waals surface area contributed by atoms with Crippen LogP contribution in [0.15, 0.2) is 41.4 Å². The van der Waals surface area contributed by atoms with Crippen LogP contribution in [0, 0.1) is 12.7 Å². The van der Waals surface area contributed by atoms with E-state index in [1.54, 1.807) is 13.1 Å². The van der Waals surface area contributed by atoms with E-state index in [1.165, 1.54) is 16.4 Å². The van der Waals surface area contributed by atoms with Gasteiger partial charge in [-0.1, -0.05) is 6.07 Å². The van der Waals surface area contributed by atoms with Gasteiger partial charge in [0.2, 0.25) is 10.0 Å². The van der Waals surface area contributed by atoms with Crippen LogP contribution in [0.5, 0.6) is 5.75 Å². The maximum atomic E-state index is 13.8. The van der Waals surface area contributed by atoms with Gasteiger partial charge in [-0.2, -0.15) is 4.31 Å². The molecule has 1 atom stereocenters. The Labute approximate surface area is 165 Å². The van der Waals surface area contributed by atoms with E-state index in [0.29, 0.717) is 24.3 Å². The number of nitrogens with zero attached hydrogens (tertiary/aromatic N) is 3. The molecule has 0 aliphatic carbocycles. The number of benzene rings is 1. The monoisotopic (exact) mass is 405 g/mol. The van der Waals surface area contributed by atoms with E-state index in [1.807, 2.05) is 12.1 Å². The summed E-state index contributed by atoms with van der Waals surface area (Å²) in [5.41, 5.74) is 0.424. The Balaban J connectivity index is 1.48. The smallest absolute Gasteiger partial charge is 0.243 e.